The van der Waals surface area contributed by atoms with Gasteiger partial charge >= 0.3 is 0 Å². The first-order chi connectivity index (χ1) is 11.5. The fourth-order valence-electron chi connectivity index (χ4n) is 2.98. The summed E-state index contributed by atoms with van der Waals surface area (Å²) in [5.74, 6) is 0.365. The van der Waals surface area contributed by atoms with E-state index in [4.69, 9.17) is 0 Å². The predicted octanol–water partition coefficient (Wildman–Crippen LogP) is 2.26. The molecule has 1 aromatic carbocycles. The van der Waals surface area contributed by atoms with E-state index < -0.39 is 0 Å². The van der Waals surface area contributed by atoms with Gasteiger partial charge in [0, 0.05) is 22.7 Å². The second-order valence-corrected chi connectivity index (χ2v) is 7.72. The van der Waals surface area contributed by atoms with Crippen LogP contribution in [0.15, 0.2) is 24.3 Å². The predicted molar refractivity (Wildman–Crippen MR) is 104 cm³/mol. The summed E-state index contributed by atoms with van der Waals surface area (Å²) in [6, 6.07) is 7.65. The highest BCUT2D eigenvalue weighted by molar-refractivity contribution is 14.1. The number of carbonyl (C=O) groups excluding carboxylic acids is 2. The van der Waals surface area contributed by atoms with E-state index in [0.29, 0.717) is 18.2 Å². The summed E-state index contributed by atoms with van der Waals surface area (Å²) in [6.07, 6.45) is 2.52. The molecule has 0 bridgehead atoms. The van der Waals surface area contributed by atoms with Crippen molar-refractivity contribution in [2.24, 2.45) is 5.92 Å². The van der Waals surface area contributed by atoms with Crippen molar-refractivity contribution in [3.8, 4) is 0 Å². The van der Waals surface area contributed by atoms with Crippen molar-refractivity contribution >= 4 is 34.4 Å². The molecule has 1 heterocycles. The van der Waals surface area contributed by atoms with Gasteiger partial charge in [0.15, 0.2) is 0 Å². The number of amides is 2. The molecule has 24 heavy (non-hydrogen) atoms. The number of hydrogen-bond acceptors (Lipinski definition) is 3. The van der Waals surface area contributed by atoms with Gasteiger partial charge in [-0.05, 0) is 67.0 Å². The maximum atomic E-state index is 12.1. The lowest BCUT2D eigenvalue weighted by molar-refractivity contribution is -0.120. The van der Waals surface area contributed by atoms with Crippen molar-refractivity contribution in [3.05, 3.63) is 33.4 Å². The van der Waals surface area contributed by atoms with Gasteiger partial charge in [-0.2, -0.15) is 0 Å². The van der Waals surface area contributed by atoms with Crippen molar-refractivity contribution in [1.29, 1.82) is 0 Å². The standard InChI is InChI=1S/C18H26IN3O2/c1-13-6-5-9-22(12-13)14(2)10-20-17(23)11-21-18(24)15-7-3-4-8-16(15)19/h3-4,7-8,13-14H,5-6,9-12H2,1-2H3,(H,20,23)(H,21,24). The molecule has 0 radical (unpaired) electrons. The summed E-state index contributed by atoms with van der Waals surface area (Å²) in [5, 5.41) is 5.60. The number of rotatable bonds is 6. The monoisotopic (exact) mass is 443 g/mol. The van der Waals surface area contributed by atoms with Gasteiger partial charge in [0.05, 0.1) is 12.1 Å². The molecule has 0 aliphatic carbocycles. The van der Waals surface area contributed by atoms with Crippen LogP contribution in [0.5, 0.6) is 0 Å². The summed E-state index contributed by atoms with van der Waals surface area (Å²) < 4.78 is 0.876. The third-order valence-corrected chi connectivity index (χ3v) is 5.38. The zero-order chi connectivity index (χ0) is 17.5. The van der Waals surface area contributed by atoms with Gasteiger partial charge in [-0.25, -0.2) is 0 Å². The number of nitrogens with zero attached hydrogens (tertiary/aromatic N) is 1. The maximum Gasteiger partial charge on any atom is 0.252 e. The van der Waals surface area contributed by atoms with Gasteiger partial charge in [0.25, 0.3) is 5.91 Å². The number of nitrogens with one attached hydrogen (secondary N) is 2. The Balaban J connectivity index is 1.71. The zero-order valence-electron chi connectivity index (χ0n) is 14.3. The Morgan fingerprint density at radius 1 is 1.33 bits per heavy atom. The Morgan fingerprint density at radius 3 is 2.79 bits per heavy atom. The first-order valence-corrected chi connectivity index (χ1v) is 9.58. The molecule has 2 N–H and O–H groups in total. The fourth-order valence-corrected chi connectivity index (χ4v) is 3.61. The van der Waals surface area contributed by atoms with E-state index in [1.807, 2.05) is 18.2 Å². The number of piperidine rings is 1. The fraction of sp³-hybridized carbons (Fsp3) is 0.556. The van der Waals surface area contributed by atoms with Crippen molar-refractivity contribution < 1.29 is 9.59 Å². The molecule has 1 aliphatic rings. The highest BCUT2D eigenvalue weighted by Crippen LogP contribution is 2.17. The molecule has 0 spiro atoms. The maximum absolute atomic E-state index is 12.1. The Morgan fingerprint density at radius 2 is 2.08 bits per heavy atom. The normalized spacial score (nSPS) is 19.5. The van der Waals surface area contributed by atoms with Crippen LogP contribution in [0.2, 0.25) is 0 Å². The third-order valence-electron chi connectivity index (χ3n) is 4.43. The van der Waals surface area contributed by atoms with Gasteiger partial charge in [-0.1, -0.05) is 19.1 Å². The van der Waals surface area contributed by atoms with E-state index in [0.717, 1.165) is 22.6 Å². The van der Waals surface area contributed by atoms with Crippen LogP contribution in [0.3, 0.4) is 0 Å². The Labute approximate surface area is 157 Å². The SMILES string of the molecule is CC1CCCN(C(C)CNC(=O)CNC(=O)c2ccccc2I)C1. The lowest BCUT2D eigenvalue weighted by Gasteiger charge is -2.35. The molecule has 2 amide bonds. The van der Waals surface area contributed by atoms with Crippen molar-refractivity contribution in [1.82, 2.24) is 15.5 Å². The summed E-state index contributed by atoms with van der Waals surface area (Å²) in [7, 11) is 0. The number of likely N-dealkylation sites (tertiary alicyclic amines) is 1. The summed E-state index contributed by atoms with van der Waals surface area (Å²) in [6.45, 7) is 7.24. The Hall–Kier alpha value is -1.15. The molecule has 0 saturated carbocycles. The van der Waals surface area contributed by atoms with E-state index in [9.17, 15) is 9.59 Å². The van der Waals surface area contributed by atoms with E-state index in [1.165, 1.54) is 12.8 Å². The molecular formula is C18H26IN3O2. The largest absolute Gasteiger partial charge is 0.353 e. The van der Waals surface area contributed by atoms with Crippen LogP contribution in [0.25, 0.3) is 0 Å². The Bertz CT molecular complexity index is 579. The number of hydrogen-bond donors (Lipinski definition) is 2. The molecule has 5 nitrogen and oxygen atoms in total. The summed E-state index contributed by atoms with van der Waals surface area (Å²) in [5.41, 5.74) is 0.599. The van der Waals surface area contributed by atoms with Crippen molar-refractivity contribution in [3.63, 3.8) is 0 Å². The van der Waals surface area contributed by atoms with Crippen LogP contribution in [-0.2, 0) is 4.79 Å². The van der Waals surface area contributed by atoms with Crippen LogP contribution in [0.4, 0.5) is 0 Å². The Kier molecular flexibility index (Phi) is 7.48. The highest BCUT2D eigenvalue weighted by Gasteiger charge is 2.21. The molecule has 2 rings (SSSR count). The summed E-state index contributed by atoms with van der Waals surface area (Å²) in [4.78, 5) is 26.5. The molecule has 1 aliphatic heterocycles. The van der Waals surface area contributed by atoms with Gasteiger partial charge in [-0.3, -0.25) is 14.5 Å². The molecular weight excluding hydrogens is 417 g/mol. The van der Waals surface area contributed by atoms with Gasteiger partial charge in [-0.15, -0.1) is 0 Å². The molecule has 2 unspecified atom stereocenters. The lowest BCUT2D eigenvalue weighted by Crippen LogP contribution is -2.47. The van der Waals surface area contributed by atoms with Crippen molar-refractivity contribution in [2.45, 2.75) is 32.7 Å². The average molecular weight is 443 g/mol. The minimum Gasteiger partial charge on any atom is -0.353 e. The topological polar surface area (TPSA) is 61.4 Å². The number of halogens is 1. The second kappa shape index (κ2) is 9.36. The molecule has 0 aromatic heterocycles. The van der Waals surface area contributed by atoms with E-state index >= 15 is 0 Å². The lowest BCUT2D eigenvalue weighted by atomic mass is 9.99. The summed E-state index contributed by atoms with van der Waals surface area (Å²) >= 11 is 2.12. The third kappa shape index (κ3) is 5.73. The second-order valence-electron chi connectivity index (χ2n) is 6.56. The molecule has 2 atom stereocenters. The van der Waals surface area contributed by atoms with Crippen LogP contribution in [0, 0.1) is 9.49 Å². The zero-order valence-corrected chi connectivity index (χ0v) is 16.5. The highest BCUT2D eigenvalue weighted by atomic mass is 127. The first kappa shape index (κ1) is 19.2. The van der Waals surface area contributed by atoms with E-state index in [1.54, 1.807) is 6.07 Å². The van der Waals surface area contributed by atoms with Crippen LogP contribution < -0.4 is 10.6 Å². The van der Waals surface area contributed by atoms with Crippen molar-refractivity contribution in [2.75, 3.05) is 26.2 Å². The quantitative estimate of drug-likeness (QED) is 0.664. The number of carbonyl (C=O) groups is 2. The van der Waals surface area contributed by atoms with Gasteiger partial charge in [0.1, 0.15) is 0 Å². The molecule has 1 saturated heterocycles. The van der Waals surface area contributed by atoms with Gasteiger partial charge < -0.3 is 10.6 Å². The minimum atomic E-state index is -0.215. The van der Waals surface area contributed by atoms with Crippen LogP contribution >= 0.6 is 22.6 Å². The van der Waals surface area contributed by atoms with Gasteiger partial charge in [0.2, 0.25) is 5.91 Å². The first-order valence-electron chi connectivity index (χ1n) is 8.51. The molecule has 1 aromatic rings. The molecule has 132 valence electrons. The smallest absolute Gasteiger partial charge is 0.252 e. The molecule has 6 heteroatoms. The minimum absolute atomic E-state index is 0.00688. The molecule has 1 fully saturated rings. The van der Waals surface area contributed by atoms with Crippen LogP contribution in [0.1, 0.15) is 37.0 Å². The average Bonchev–Trinajstić information content (AvgIpc) is 2.58. The van der Waals surface area contributed by atoms with Crippen LogP contribution in [-0.4, -0.2) is 48.9 Å². The van der Waals surface area contributed by atoms with E-state index in [2.05, 4.69) is 52.0 Å². The number of benzene rings is 1. The van der Waals surface area contributed by atoms with E-state index in [-0.39, 0.29) is 18.4 Å².